The van der Waals surface area contributed by atoms with Gasteiger partial charge in [0.05, 0.1) is 11.5 Å². The van der Waals surface area contributed by atoms with Crippen LogP contribution in [0, 0.1) is 0 Å². The molecule has 5 heteroatoms. The Kier molecular flexibility index (Phi) is 6.88. The maximum absolute atomic E-state index is 12.1. The SMILES string of the molecule is CC(C)c1ccc(/C=N\NC(=O)[C@H](C)Sc2ccc(Cl)cc2)cc1. The highest BCUT2D eigenvalue weighted by Crippen LogP contribution is 2.24. The van der Waals surface area contributed by atoms with E-state index in [0.29, 0.717) is 10.9 Å². The largest absolute Gasteiger partial charge is 0.272 e. The lowest BCUT2D eigenvalue weighted by molar-refractivity contribution is -0.120. The van der Waals surface area contributed by atoms with Gasteiger partial charge in [0.1, 0.15) is 0 Å². The van der Waals surface area contributed by atoms with Crippen LogP contribution < -0.4 is 5.43 Å². The molecule has 0 aromatic heterocycles. The van der Waals surface area contributed by atoms with Crippen molar-refractivity contribution in [2.75, 3.05) is 0 Å². The maximum atomic E-state index is 12.1. The molecule has 0 spiro atoms. The van der Waals surface area contributed by atoms with Gasteiger partial charge < -0.3 is 0 Å². The number of carbonyl (C=O) groups excluding carboxylic acids is 1. The summed E-state index contributed by atoms with van der Waals surface area (Å²) in [6.07, 6.45) is 1.65. The van der Waals surface area contributed by atoms with Crippen molar-refractivity contribution in [2.45, 2.75) is 36.8 Å². The first-order chi connectivity index (χ1) is 11.5. The molecule has 0 radical (unpaired) electrons. The fraction of sp³-hybridized carbons (Fsp3) is 0.263. The molecule has 2 aromatic rings. The molecule has 0 saturated carbocycles. The van der Waals surface area contributed by atoms with E-state index in [-0.39, 0.29) is 11.2 Å². The second kappa shape index (κ2) is 8.90. The van der Waals surface area contributed by atoms with E-state index < -0.39 is 0 Å². The van der Waals surface area contributed by atoms with Gasteiger partial charge in [0.15, 0.2) is 0 Å². The lowest BCUT2D eigenvalue weighted by Gasteiger charge is -2.09. The van der Waals surface area contributed by atoms with Gasteiger partial charge in [-0.15, -0.1) is 11.8 Å². The molecule has 2 rings (SSSR count). The first-order valence-electron chi connectivity index (χ1n) is 7.81. The molecule has 3 nitrogen and oxygen atoms in total. The third-order valence-corrected chi connectivity index (χ3v) is 4.85. The zero-order valence-electron chi connectivity index (χ0n) is 14.0. The standard InChI is InChI=1S/C19H21ClN2OS/c1-13(2)16-6-4-15(5-7-16)12-21-22-19(23)14(3)24-18-10-8-17(20)9-11-18/h4-14H,1-3H3,(H,22,23)/b21-12-/t14-/m0/s1. The zero-order valence-corrected chi connectivity index (χ0v) is 15.6. The Morgan fingerprint density at radius 1 is 1.08 bits per heavy atom. The Morgan fingerprint density at radius 2 is 1.71 bits per heavy atom. The summed E-state index contributed by atoms with van der Waals surface area (Å²) in [4.78, 5) is 13.1. The van der Waals surface area contributed by atoms with Gasteiger partial charge in [-0.2, -0.15) is 5.10 Å². The van der Waals surface area contributed by atoms with Crippen molar-refractivity contribution in [3.63, 3.8) is 0 Å². The fourth-order valence-electron chi connectivity index (χ4n) is 2.00. The van der Waals surface area contributed by atoms with Crippen molar-refractivity contribution in [3.05, 3.63) is 64.7 Å². The monoisotopic (exact) mass is 360 g/mol. The first-order valence-corrected chi connectivity index (χ1v) is 9.06. The minimum atomic E-state index is -0.244. The van der Waals surface area contributed by atoms with E-state index in [1.54, 1.807) is 6.21 Å². The molecule has 0 saturated heterocycles. The van der Waals surface area contributed by atoms with Crippen LogP contribution in [0.1, 0.15) is 37.8 Å². The van der Waals surface area contributed by atoms with Gasteiger partial charge in [-0.1, -0.05) is 49.7 Å². The Hall–Kier alpha value is -1.78. The fourth-order valence-corrected chi connectivity index (χ4v) is 2.99. The third-order valence-electron chi connectivity index (χ3n) is 3.49. The van der Waals surface area contributed by atoms with Gasteiger partial charge in [-0.3, -0.25) is 4.79 Å². The molecule has 0 aliphatic carbocycles. The lowest BCUT2D eigenvalue weighted by atomic mass is 10.0. The van der Waals surface area contributed by atoms with Gasteiger partial charge in [0.2, 0.25) is 0 Å². The number of benzene rings is 2. The number of hydrazone groups is 1. The predicted molar refractivity (Wildman–Crippen MR) is 103 cm³/mol. The quantitative estimate of drug-likeness (QED) is 0.442. The van der Waals surface area contributed by atoms with Gasteiger partial charge in [0, 0.05) is 9.92 Å². The molecule has 1 atom stereocenters. The summed E-state index contributed by atoms with van der Waals surface area (Å²) < 4.78 is 0. The summed E-state index contributed by atoms with van der Waals surface area (Å²) in [6, 6.07) is 15.6. The number of rotatable bonds is 6. The molecule has 1 amide bonds. The van der Waals surface area contributed by atoms with Crippen molar-refractivity contribution >= 4 is 35.5 Å². The van der Waals surface area contributed by atoms with Gasteiger partial charge >= 0.3 is 0 Å². The molecule has 0 bridgehead atoms. The molecule has 1 N–H and O–H groups in total. The van der Waals surface area contributed by atoms with E-state index in [2.05, 4.69) is 36.5 Å². The van der Waals surface area contributed by atoms with E-state index >= 15 is 0 Å². The summed E-state index contributed by atoms with van der Waals surface area (Å²) in [5, 5.41) is 4.47. The van der Waals surface area contributed by atoms with Crippen molar-refractivity contribution in [1.29, 1.82) is 0 Å². The van der Waals surface area contributed by atoms with Crippen molar-refractivity contribution in [3.8, 4) is 0 Å². The Labute approximate surface area is 152 Å². The van der Waals surface area contributed by atoms with E-state index in [1.807, 2.05) is 43.3 Å². The first kappa shape index (κ1) is 18.6. The van der Waals surface area contributed by atoms with Gasteiger partial charge in [-0.25, -0.2) is 5.43 Å². The molecule has 126 valence electrons. The summed E-state index contributed by atoms with van der Waals surface area (Å²) in [7, 11) is 0. The molecule has 2 aromatic carbocycles. The highest BCUT2D eigenvalue weighted by Gasteiger charge is 2.13. The van der Waals surface area contributed by atoms with Crippen LogP contribution in [0.5, 0.6) is 0 Å². The number of hydrogen-bond donors (Lipinski definition) is 1. The minimum Gasteiger partial charge on any atom is -0.272 e. The minimum absolute atomic E-state index is 0.134. The van der Waals surface area contributed by atoms with Crippen molar-refractivity contribution in [1.82, 2.24) is 5.43 Å². The second-order valence-corrected chi connectivity index (χ2v) is 7.62. The summed E-state index contributed by atoms with van der Waals surface area (Å²) in [6.45, 7) is 6.16. The lowest BCUT2D eigenvalue weighted by Crippen LogP contribution is -2.26. The van der Waals surface area contributed by atoms with Crippen LogP contribution in [0.15, 0.2) is 58.5 Å². The van der Waals surface area contributed by atoms with E-state index in [0.717, 1.165) is 10.5 Å². The molecule has 0 aliphatic heterocycles. The number of thioether (sulfide) groups is 1. The number of hydrogen-bond acceptors (Lipinski definition) is 3. The normalized spacial score (nSPS) is 12.5. The van der Waals surface area contributed by atoms with Crippen LogP contribution in [0.2, 0.25) is 5.02 Å². The van der Waals surface area contributed by atoms with Crippen LogP contribution in [-0.4, -0.2) is 17.4 Å². The van der Waals surface area contributed by atoms with Crippen LogP contribution in [-0.2, 0) is 4.79 Å². The molecule has 0 heterocycles. The van der Waals surface area contributed by atoms with E-state index in [4.69, 9.17) is 11.6 Å². The molecule has 0 unspecified atom stereocenters. The molecule has 0 fully saturated rings. The van der Waals surface area contributed by atoms with Crippen LogP contribution in [0.25, 0.3) is 0 Å². The van der Waals surface area contributed by atoms with Gasteiger partial charge in [0.25, 0.3) is 5.91 Å². The molecule has 24 heavy (non-hydrogen) atoms. The van der Waals surface area contributed by atoms with Gasteiger partial charge in [-0.05, 0) is 48.2 Å². The van der Waals surface area contributed by atoms with E-state index in [9.17, 15) is 4.79 Å². The molecule has 0 aliphatic rings. The Morgan fingerprint density at radius 3 is 2.29 bits per heavy atom. The van der Waals surface area contributed by atoms with Crippen molar-refractivity contribution in [2.24, 2.45) is 5.10 Å². The number of halogens is 1. The predicted octanol–water partition coefficient (Wildman–Crippen LogP) is 5.09. The average molecular weight is 361 g/mol. The third kappa shape index (κ3) is 5.69. The number of amides is 1. The van der Waals surface area contributed by atoms with Crippen LogP contribution in [0.3, 0.4) is 0 Å². The topological polar surface area (TPSA) is 41.5 Å². The summed E-state index contributed by atoms with van der Waals surface area (Å²) in [5.74, 6) is 0.367. The van der Waals surface area contributed by atoms with Crippen LogP contribution in [0.4, 0.5) is 0 Å². The number of nitrogens with one attached hydrogen (secondary N) is 1. The summed E-state index contributed by atoms with van der Waals surface area (Å²) >= 11 is 7.32. The number of nitrogens with zero attached hydrogens (tertiary/aromatic N) is 1. The highest BCUT2D eigenvalue weighted by atomic mass is 35.5. The maximum Gasteiger partial charge on any atom is 0.253 e. The zero-order chi connectivity index (χ0) is 17.5. The van der Waals surface area contributed by atoms with E-state index in [1.165, 1.54) is 17.3 Å². The highest BCUT2D eigenvalue weighted by molar-refractivity contribution is 8.00. The summed E-state index contributed by atoms with van der Waals surface area (Å²) in [5.41, 5.74) is 4.82. The Bertz CT molecular complexity index is 696. The smallest absolute Gasteiger partial charge is 0.253 e. The second-order valence-electron chi connectivity index (χ2n) is 5.77. The van der Waals surface area contributed by atoms with Crippen LogP contribution >= 0.6 is 23.4 Å². The molecular weight excluding hydrogens is 340 g/mol. The van der Waals surface area contributed by atoms with Crippen molar-refractivity contribution < 1.29 is 4.79 Å². The number of carbonyl (C=O) groups is 1. The Balaban J connectivity index is 1.86. The average Bonchev–Trinajstić information content (AvgIpc) is 2.57. The molecular formula is C19H21ClN2OS.